The topological polar surface area (TPSA) is 102 Å². The maximum Gasteiger partial charge on any atom is 0.410 e. The number of carbonyl (C=O) groups is 2. The number of carbonyl (C=O) groups excluding carboxylic acids is 2. The normalized spacial score (nSPS) is 17.5. The molecule has 1 saturated heterocycles. The van der Waals surface area contributed by atoms with Gasteiger partial charge in [-0.1, -0.05) is 12.1 Å². The fourth-order valence-corrected chi connectivity index (χ4v) is 3.81. The molecule has 2 aromatic rings. The molecule has 2 fully saturated rings. The minimum absolute atomic E-state index is 0.0188. The summed E-state index contributed by atoms with van der Waals surface area (Å²) in [4.78, 5) is 26.5. The summed E-state index contributed by atoms with van der Waals surface area (Å²) in [5.41, 5.74) is 1.13. The van der Waals surface area contributed by atoms with Crippen molar-refractivity contribution < 1.29 is 14.3 Å². The number of nitrogens with zero attached hydrogens (tertiary/aromatic N) is 5. The highest BCUT2D eigenvalue weighted by Gasteiger charge is 2.29. The summed E-state index contributed by atoms with van der Waals surface area (Å²) in [6.45, 7) is 6.83. The van der Waals surface area contributed by atoms with Crippen molar-refractivity contribution in [3.8, 4) is 11.4 Å². The molecule has 0 spiro atoms. The summed E-state index contributed by atoms with van der Waals surface area (Å²) < 4.78 is 7.29. The summed E-state index contributed by atoms with van der Waals surface area (Å²) in [5.74, 6) is 0.965. The Morgan fingerprint density at radius 2 is 1.90 bits per heavy atom. The lowest BCUT2D eigenvalue weighted by molar-refractivity contribution is -0.117. The SMILES string of the molecule is CC(C)(C)OC(=O)N1CCC(CC(=O)Nc2cccc(-c3nnnn3C3CC3)c2)CC1. The van der Waals surface area contributed by atoms with E-state index in [0.717, 1.165) is 42.8 Å². The van der Waals surface area contributed by atoms with E-state index < -0.39 is 5.60 Å². The highest BCUT2D eigenvalue weighted by molar-refractivity contribution is 5.91. The Morgan fingerprint density at radius 3 is 2.58 bits per heavy atom. The average Bonchev–Trinajstić information content (AvgIpc) is 3.43. The van der Waals surface area contributed by atoms with Crippen LogP contribution in [0.1, 0.15) is 58.9 Å². The number of benzene rings is 1. The van der Waals surface area contributed by atoms with E-state index in [4.69, 9.17) is 4.74 Å². The fraction of sp³-hybridized carbons (Fsp3) is 0.591. The van der Waals surface area contributed by atoms with Crippen LogP contribution in [-0.4, -0.2) is 55.8 Å². The number of tetrazole rings is 1. The van der Waals surface area contributed by atoms with Gasteiger partial charge in [0.25, 0.3) is 0 Å². The second-order valence-electron chi connectivity index (χ2n) is 9.42. The predicted octanol–water partition coefficient (Wildman–Crippen LogP) is 3.65. The van der Waals surface area contributed by atoms with Crippen molar-refractivity contribution in [2.24, 2.45) is 5.92 Å². The first-order valence-corrected chi connectivity index (χ1v) is 10.9. The molecule has 1 aliphatic heterocycles. The van der Waals surface area contributed by atoms with E-state index in [-0.39, 0.29) is 17.9 Å². The van der Waals surface area contributed by atoms with Gasteiger partial charge in [0.15, 0.2) is 5.82 Å². The highest BCUT2D eigenvalue weighted by Crippen LogP contribution is 2.36. The monoisotopic (exact) mass is 426 g/mol. The van der Waals surface area contributed by atoms with E-state index in [1.54, 1.807) is 4.90 Å². The van der Waals surface area contributed by atoms with Gasteiger partial charge in [0.2, 0.25) is 5.91 Å². The van der Waals surface area contributed by atoms with Crippen molar-refractivity contribution in [2.45, 2.75) is 64.5 Å². The molecule has 0 unspecified atom stereocenters. The van der Waals surface area contributed by atoms with Gasteiger partial charge in [0.1, 0.15) is 5.60 Å². The van der Waals surface area contributed by atoms with E-state index in [9.17, 15) is 9.59 Å². The number of rotatable bonds is 5. The molecular weight excluding hydrogens is 396 g/mol. The summed E-state index contributed by atoms with van der Waals surface area (Å²) in [5, 5.41) is 15.0. The molecule has 4 rings (SSSR count). The van der Waals surface area contributed by atoms with Gasteiger partial charge in [-0.25, -0.2) is 9.48 Å². The standard InChI is InChI=1S/C22H30N6O3/c1-22(2,3)31-21(30)27-11-9-15(10-12-27)13-19(29)23-17-6-4-5-16(14-17)20-24-25-26-28(20)18-7-8-18/h4-6,14-15,18H,7-13H2,1-3H3,(H,23,29). The molecule has 1 aromatic heterocycles. The zero-order valence-electron chi connectivity index (χ0n) is 18.4. The maximum absolute atomic E-state index is 12.6. The van der Waals surface area contributed by atoms with E-state index in [1.807, 2.05) is 49.7 Å². The highest BCUT2D eigenvalue weighted by atomic mass is 16.6. The number of anilines is 1. The van der Waals surface area contributed by atoms with Crippen molar-refractivity contribution in [2.75, 3.05) is 18.4 Å². The van der Waals surface area contributed by atoms with Crippen LogP contribution in [0.3, 0.4) is 0 Å². The van der Waals surface area contributed by atoms with Crippen molar-refractivity contribution >= 4 is 17.7 Å². The number of hydrogen-bond acceptors (Lipinski definition) is 6. The quantitative estimate of drug-likeness (QED) is 0.783. The van der Waals surface area contributed by atoms with Crippen molar-refractivity contribution in [1.29, 1.82) is 0 Å². The Morgan fingerprint density at radius 1 is 1.16 bits per heavy atom. The second kappa shape index (κ2) is 8.64. The van der Waals surface area contributed by atoms with Gasteiger partial charge in [0.05, 0.1) is 6.04 Å². The molecule has 2 heterocycles. The molecule has 2 aliphatic rings. The van der Waals surface area contributed by atoms with Crippen LogP contribution in [0.5, 0.6) is 0 Å². The predicted molar refractivity (Wildman–Crippen MR) is 115 cm³/mol. The van der Waals surface area contributed by atoms with Crippen LogP contribution in [0.25, 0.3) is 11.4 Å². The number of nitrogens with one attached hydrogen (secondary N) is 1. The lowest BCUT2D eigenvalue weighted by Crippen LogP contribution is -2.42. The molecule has 1 saturated carbocycles. The molecule has 9 nitrogen and oxygen atoms in total. The van der Waals surface area contributed by atoms with Crippen LogP contribution in [0.2, 0.25) is 0 Å². The third-order valence-electron chi connectivity index (χ3n) is 5.53. The van der Waals surface area contributed by atoms with Gasteiger partial charge in [-0.15, -0.1) is 5.10 Å². The molecule has 0 bridgehead atoms. The number of aromatic nitrogens is 4. The first kappa shape index (κ1) is 21.3. The Kier molecular flexibility index (Phi) is 5.93. The molecule has 9 heteroatoms. The van der Waals surface area contributed by atoms with Crippen LogP contribution < -0.4 is 5.32 Å². The fourth-order valence-electron chi connectivity index (χ4n) is 3.81. The number of hydrogen-bond donors (Lipinski definition) is 1. The second-order valence-corrected chi connectivity index (χ2v) is 9.42. The van der Waals surface area contributed by atoms with E-state index >= 15 is 0 Å². The molecular formula is C22H30N6O3. The van der Waals surface area contributed by atoms with Gasteiger partial charge < -0.3 is 15.0 Å². The minimum atomic E-state index is -0.496. The van der Waals surface area contributed by atoms with E-state index in [0.29, 0.717) is 25.6 Å². The van der Waals surface area contributed by atoms with Crippen LogP contribution in [-0.2, 0) is 9.53 Å². The largest absolute Gasteiger partial charge is 0.444 e. The van der Waals surface area contributed by atoms with Gasteiger partial charge in [0, 0.05) is 30.8 Å². The van der Waals surface area contributed by atoms with E-state index in [1.165, 1.54) is 0 Å². The third kappa shape index (κ3) is 5.59. The van der Waals surface area contributed by atoms with Gasteiger partial charge in [-0.05, 0) is 74.9 Å². The molecule has 1 aliphatic carbocycles. The molecule has 0 radical (unpaired) electrons. The maximum atomic E-state index is 12.6. The minimum Gasteiger partial charge on any atom is -0.444 e. The van der Waals surface area contributed by atoms with Gasteiger partial charge >= 0.3 is 6.09 Å². The lowest BCUT2D eigenvalue weighted by Gasteiger charge is -2.33. The average molecular weight is 427 g/mol. The van der Waals surface area contributed by atoms with Crippen LogP contribution in [0, 0.1) is 5.92 Å². The summed E-state index contributed by atoms with van der Waals surface area (Å²) in [7, 11) is 0. The number of likely N-dealkylation sites (tertiary alicyclic amines) is 1. The number of amides is 2. The molecule has 1 aromatic carbocycles. The smallest absolute Gasteiger partial charge is 0.410 e. The first-order valence-electron chi connectivity index (χ1n) is 10.9. The van der Waals surface area contributed by atoms with Crippen molar-refractivity contribution in [1.82, 2.24) is 25.1 Å². The summed E-state index contributed by atoms with van der Waals surface area (Å²) in [6.07, 6.45) is 3.95. The Labute approximate surface area is 182 Å². The molecule has 0 atom stereocenters. The van der Waals surface area contributed by atoms with Crippen LogP contribution >= 0.6 is 0 Å². The Balaban J connectivity index is 1.29. The summed E-state index contributed by atoms with van der Waals surface area (Å²) in [6, 6.07) is 8.02. The molecule has 1 N–H and O–H groups in total. The summed E-state index contributed by atoms with van der Waals surface area (Å²) >= 11 is 0. The molecule has 31 heavy (non-hydrogen) atoms. The Hall–Kier alpha value is -2.97. The van der Waals surface area contributed by atoms with Crippen LogP contribution in [0.4, 0.5) is 10.5 Å². The van der Waals surface area contributed by atoms with Crippen LogP contribution in [0.15, 0.2) is 24.3 Å². The molecule has 2 amide bonds. The number of ether oxygens (including phenoxy) is 1. The van der Waals surface area contributed by atoms with Crippen molar-refractivity contribution in [3.05, 3.63) is 24.3 Å². The lowest BCUT2D eigenvalue weighted by atomic mass is 9.93. The van der Waals surface area contributed by atoms with Gasteiger partial charge in [-0.2, -0.15) is 0 Å². The Bertz CT molecular complexity index is 939. The van der Waals surface area contributed by atoms with Gasteiger partial charge in [-0.3, -0.25) is 4.79 Å². The zero-order valence-corrected chi connectivity index (χ0v) is 18.4. The third-order valence-corrected chi connectivity index (χ3v) is 5.53. The zero-order chi connectivity index (χ0) is 22.0. The molecule has 166 valence electrons. The van der Waals surface area contributed by atoms with E-state index in [2.05, 4.69) is 20.8 Å². The first-order chi connectivity index (χ1) is 14.8. The van der Waals surface area contributed by atoms with Crippen molar-refractivity contribution in [3.63, 3.8) is 0 Å². The number of piperidine rings is 1.